The molecule has 1 unspecified atom stereocenters. The van der Waals surface area contributed by atoms with Gasteiger partial charge in [-0.05, 0) is 41.8 Å². The second-order valence-corrected chi connectivity index (χ2v) is 7.31. The fraction of sp³-hybridized carbons (Fsp3) is 0.130. The molecule has 0 saturated carbocycles. The average Bonchev–Trinajstić information content (AvgIpc) is 2.95. The summed E-state index contributed by atoms with van der Waals surface area (Å²) in [5.74, 6) is -0.605. The Bertz CT molecular complexity index is 1030. The molecular weight excluding hydrogens is 372 g/mol. The van der Waals surface area contributed by atoms with E-state index in [0.717, 1.165) is 22.3 Å². The molecule has 0 bridgehead atoms. The molecule has 0 fully saturated rings. The number of aliphatic hydroxyl groups is 1. The first-order valence-electron chi connectivity index (χ1n) is 9.00. The van der Waals surface area contributed by atoms with Crippen LogP contribution in [0, 0.1) is 6.92 Å². The monoisotopic (exact) mass is 390 g/mol. The van der Waals surface area contributed by atoms with Gasteiger partial charge in [0.2, 0.25) is 0 Å². The summed E-state index contributed by atoms with van der Waals surface area (Å²) in [5, 5.41) is 11.4. The lowest BCUT2D eigenvalue weighted by Gasteiger charge is -2.27. The molecule has 1 amide bonds. The highest BCUT2D eigenvalue weighted by atomic mass is 35.5. The number of aryl methyl sites for hydroxylation is 1. The lowest BCUT2D eigenvalue weighted by atomic mass is 9.93. The molecule has 0 aliphatic carbocycles. The minimum Gasteiger partial charge on any atom is -0.503 e. The maximum Gasteiger partial charge on any atom is 0.290 e. The maximum atomic E-state index is 13.0. The van der Waals surface area contributed by atoms with E-state index in [1.54, 1.807) is 29.4 Å². The first-order valence-corrected chi connectivity index (χ1v) is 9.38. The van der Waals surface area contributed by atoms with Gasteiger partial charge in [0, 0.05) is 29.5 Å². The van der Waals surface area contributed by atoms with Crippen LogP contribution in [0.2, 0.25) is 5.02 Å². The zero-order valence-electron chi connectivity index (χ0n) is 15.3. The van der Waals surface area contributed by atoms with Crippen LogP contribution in [0.4, 0.5) is 0 Å². The van der Waals surface area contributed by atoms with Gasteiger partial charge in [0.05, 0.1) is 6.04 Å². The summed E-state index contributed by atoms with van der Waals surface area (Å²) in [6.45, 7) is 2.35. The van der Waals surface area contributed by atoms with Crippen molar-refractivity contribution >= 4 is 23.1 Å². The smallest absolute Gasteiger partial charge is 0.290 e. The third-order valence-corrected chi connectivity index (χ3v) is 5.18. The molecule has 0 saturated heterocycles. The molecule has 1 aliphatic rings. The fourth-order valence-corrected chi connectivity index (χ4v) is 3.65. The number of hydrogen-bond donors (Lipinski definition) is 1. The van der Waals surface area contributed by atoms with Crippen molar-refractivity contribution in [1.82, 2.24) is 9.88 Å². The van der Waals surface area contributed by atoms with Gasteiger partial charge in [0.1, 0.15) is 0 Å². The Balaban J connectivity index is 1.81. The summed E-state index contributed by atoms with van der Waals surface area (Å²) in [6.07, 6.45) is 3.42. The van der Waals surface area contributed by atoms with Crippen LogP contribution in [0.3, 0.4) is 0 Å². The van der Waals surface area contributed by atoms with Gasteiger partial charge >= 0.3 is 0 Å². The number of hydrogen-bond acceptors (Lipinski definition) is 3. The van der Waals surface area contributed by atoms with Crippen LogP contribution < -0.4 is 0 Å². The molecule has 0 radical (unpaired) electrons. The second kappa shape index (κ2) is 7.49. The lowest BCUT2D eigenvalue weighted by Crippen LogP contribution is -2.29. The minimum absolute atomic E-state index is 0.215. The molecule has 2 aromatic carbocycles. The van der Waals surface area contributed by atoms with E-state index in [1.165, 1.54) is 0 Å². The number of benzene rings is 2. The van der Waals surface area contributed by atoms with Crippen LogP contribution in [0.1, 0.15) is 28.3 Å². The highest BCUT2D eigenvalue weighted by Gasteiger charge is 2.40. The molecule has 1 aromatic heterocycles. The van der Waals surface area contributed by atoms with Gasteiger partial charge in [-0.3, -0.25) is 9.78 Å². The summed E-state index contributed by atoms with van der Waals surface area (Å²) in [7, 11) is 0. The van der Waals surface area contributed by atoms with Crippen molar-refractivity contribution in [3.05, 3.63) is 106 Å². The van der Waals surface area contributed by atoms with E-state index < -0.39 is 6.04 Å². The highest BCUT2D eigenvalue weighted by molar-refractivity contribution is 6.30. The first-order chi connectivity index (χ1) is 13.5. The Morgan fingerprint density at radius 1 is 1.07 bits per heavy atom. The molecule has 140 valence electrons. The number of rotatable bonds is 4. The van der Waals surface area contributed by atoms with Crippen molar-refractivity contribution in [3.63, 3.8) is 0 Å². The second-order valence-electron chi connectivity index (χ2n) is 6.88. The van der Waals surface area contributed by atoms with E-state index in [9.17, 15) is 9.90 Å². The van der Waals surface area contributed by atoms with Crippen molar-refractivity contribution in [2.45, 2.75) is 19.5 Å². The third kappa shape index (κ3) is 3.39. The number of aromatic nitrogens is 1. The zero-order chi connectivity index (χ0) is 19.7. The van der Waals surface area contributed by atoms with Crippen LogP contribution >= 0.6 is 11.6 Å². The van der Waals surface area contributed by atoms with Gasteiger partial charge in [-0.2, -0.15) is 0 Å². The van der Waals surface area contributed by atoms with Crippen molar-refractivity contribution in [2.75, 3.05) is 0 Å². The fourth-order valence-electron chi connectivity index (χ4n) is 3.52. The zero-order valence-corrected chi connectivity index (χ0v) is 16.1. The predicted octanol–water partition coefficient (Wildman–Crippen LogP) is 5.10. The molecule has 28 heavy (non-hydrogen) atoms. The maximum absolute atomic E-state index is 13.0. The van der Waals surface area contributed by atoms with Crippen molar-refractivity contribution in [3.8, 4) is 0 Å². The molecule has 1 atom stereocenters. The van der Waals surface area contributed by atoms with E-state index in [2.05, 4.69) is 4.98 Å². The minimum atomic E-state index is -0.410. The van der Waals surface area contributed by atoms with E-state index in [0.29, 0.717) is 17.1 Å². The van der Waals surface area contributed by atoms with Crippen LogP contribution in [0.15, 0.2) is 78.8 Å². The van der Waals surface area contributed by atoms with Gasteiger partial charge in [-0.15, -0.1) is 0 Å². The number of carbonyl (C=O) groups is 1. The summed E-state index contributed by atoms with van der Waals surface area (Å²) in [6, 6.07) is 18.5. The highest BCUT2D eigenvalue weighted by Crippen LogP contribution is 2.43. The topological polar surface area (TPSA) is 53.4 Å². The van der Waals surface area contributed by atoms with Gasteiger partial charge in [0.15, 0.2) is 5.76 Å². The van der Waals surface area contributed by atoms with Crippen LogP contribution in [-0.4, -0.2) is 20.9 Å². The van der Waals surface area contributed by atoms with Crippen LogP contribution in [-0.2, 0) is 11.3 Å². The standard InChI is InChI=1S/C23H19ClN2O2/c1-15-4-6-17(7-5-15)20-21(18-8-10-19(24)11-9-18)26(23(28)22(20)27)14-16-3-2-12-25-13-16/h2-13,21,27H,14H2,1H3. The average molecular weight is 391 g/mol. The van der Waals surface area contributed by atoms with Crippen LogP contribution in [0.5, 0.6) is 0 Å². The van der Waals surface area contributed by atoms with Gasteiger partial charge < -0.3 is 10.0 Å². The van der Waals surface area contributed by atoms with Crippen LogP contribution in [0.25, 0.3) is 5.57 Å². The van der Waals surface area contributed by atoms with E-state index >= 15 is 0 Å². The Morgan fingerprint density at radius 2 is 1.79 bits per heavy atom. The lowest BCUT2D eigenvalue weighted by molar-refractivity contribution is -0.130. The molecule has 4 rings (SSSR count). The van der Waals surface area contributed by atoms with Crippen molar-refractivity contribution in [2.24, 2.45) is 0 Å². The summed E-state index contributed by atoms with van der Waals surface area (Å²) in [4.78, 5) is 18.8. The summed E-state index contributed by atoms with van der Waals surface area (Å²) >= 11 is 6.06. The van der Waals surface area contributed by atoms with E-state index in [4.69, 9.17) is 11.6 Å². The quantitative estimate of drug-likeness (QED) is 0.674. The first kappa shape index (κ1) is 18.3. The number of carbonyl (C=O) groups excluding carboxylic acids is 1. The Kier molecular flexibility index (Phi) is 4.88. The Morgan fingerprint density at radius 3 is 2.43 bits per heavy atom. The largest absolute Gasteiger partial charge is 0.503 e. The molecule has 2 heterocycles. The van der Waals surface area contributed by atoms with Crippen molar-refractivity contribution in [1.29, 1.82) is 0 Å². The molecule has 1 N–H and O–H groups in total. The van der Waals surface area contributed by atoms with Crippen molar-refractivity contribution < 1.29 is 9.90 Å². The number of pyridine rings is 1. The number of amides is 1. The number of aliphatic hydroxyl groups excluding tert-OH is 1. The molecular formula is C23H19ClN2O2. The normalized spacial score (nSPS) is 16.7. The summed E-state index contributed by atoms with van der Waals surface area (Å²) in [5.41, 5.74) is 4.33. The molecule has 3 aromatic rings. The number of halogens is 1. The van der Waals surface area contributed by atoms with Gasteiger partial charge in [-0.1, -0.05) is 59.6 Å². The Hall–Kier alpha value is -3.11. The molecule has 0 spiro atoms. The molecule has 4 nitrogen and oxygen atoms in total. The SMILES string of the molecule is Cc1ccc(C2=C(O)C(=O)N(Cc3cccnc3)C2c2ccc(Cl)cc2)cc1. The van der Waals surface area contributed by atoms with Gasteiger partial charge in [-0.25, -0.2) is 0 Å². The summed E-state index contributed by atoms with van der Waals surface area (Å²) < 4.78 is 0. The van der Waals surface area contributed by atoms with E-state index in [-0.39, 0.29) is 11.7 Å². The predicted molar refractivity (Wildman–Crippen MR) is 110 cm³/mol. The van der Waals surface area contributed by atoms with E-state index in [1.807, 2.05) is 55.5 Å². The molecule has 1 aliphatic heterocycles. The third-order valence-electron chi connectivity index (χ3n) is 4.93. The van der Waals surface area contributed by atoms with Gasteiger partial charge in [0.25, 0.3) is 5.91 Å². The number of nitrogens with zero attached hydrogens (tertiary/aromatic N) is 2. The molecule has 5 heteroatoms. The Labute approximate surface area is 168 Å².